The lowest BCUT2D eigenvalue weighted by atomic mass is 9.96. The largest absolute Gasteiger partial charge is 0.493 e. The molecule has 0 spiro atoms. The molecule has 0 aromatic heterocycles. The molecule has 0 saturated carbocycles. The number of amides is 2. The second kappa shape index (κ2) is 7.35. The maximum atomic E-state index is 12.0. The van der Waals surface area contributed by atoms with E-state index in [1.54, 1.807) is 37.3 Å². The van der Waals surface area contributed by atoms with E-state index in [0.717, 1.165) is 5.56 Å². The van der Waals surface area contributed by atoms with Crippen LogP contribution in [0.1, 0.15) is 12.5 Å². The molecule has 0 radical (unpaired) electrons. The molecule has 2 amide bonds. The van der Waals surface area contributed by atoms with Crippen molar-refractivity contribution in [1.29, 1.82) is 0 Å². The van der Waals surface area contributed by atoms with E-state index in [0.29, 0.717) is 16.5 Å². The van der Waals surface area contributed by atoms with Crippen LogP contribution in [0.3, 0.4) is 0 Å². The number of para-hydroxylation sites is 1. The topological polar surface area (TPSA) is 70.6 Å². The van der Waals surface area contributed by atoms with E-state index in [1.807, 2.05) is 18.2 Å². The van der Waals surface area contributed by atoms with E-state index in [9.17, 15) is 9.90 Å². The Labute approximate surface area is 140 Å². The van der Waals surface area contributed by atoms with Crippen molar-refractivity contribution in [3.63, 3.8) is 0 Å². The van der Waals surface area contributed by atoms with Gasteiger partial charge in [0.2, 0.25) is 0 Å². The van der Waals surface area contributed by atoms with Crippen LogP contribution < -0.4 is 15.4 Å². The van der Waals surface area contributed by atoms with E-state index in [4.69, 9.17) is 16.3 Å². The second-order valence-electron chi connectivity index (χ2n) is 5.27. The summed E-state index contributed by atoms with van der Waals surface area (Å²) in [6.07, 6.45) is 0. The number of halogens is 1. The average molecular weight is 335 g/mol. The average Bonchev–Trinajstić information content (AvgIpc) is 2.54. The van der Waals surface area contributed by atoms with Crippen molar-refractivity contribution in [1.82, 2.24) is 5.32 Å². The smallest absolute Gasteiger partial charge is 0.319 e. The van der Waals surface area contributed by atoms with Crippen molar-refractivity contribution in [2.75, 3.05) is 19.0 Å². The Morgan fingerprint density at radius 1 is 1.22 bits per heavy atom. The molecule has 0 aliphatic heterocycles. The van der Waals surface area contributed by atoms with Gasteiger partial charge in [0.1, 0.15) is 5.60 Å². The first-order valence-corrected chi connectivity index (χ1v) is 7.47. The molecule has 6 heteroatoms. The van der Waals surface area contributed by atoms with E-state index in [2.05, 4.69) is 10.6 Å². The maximum Gasteiger partial charge on any atom is 0.319 e. The first-order valence-electron chi connectivity index (χ1n) is 7.09. The normalized spacial score (nSPS) is 13.0. The fraction of sp³-hybridized carbons (Fsp3) is 0.235. The van der Waals surface area contributed by atoms with Crippen LogP contribution in [0, 0.1) is 0 Å². The minimum Gasteiger partial charge on any atom is -0.493 e. The molecule has 23 heavy (non-hydrogen) atoms. The minimum absolute atomic E-state index is 0.0612. The Bertz CT molecular complexity index is 675. The predicted octanol–water partition coefficient (Wildman–Crippen LogP) is 3.38. The van der Waals surface area contributed by atoms with Gasteiger partial charge in [-0.25, -0.2) is 4.79 Å². The van der Waals surface area contributed by atoms with Crippen LogP contribution in [0.4, 0.5) is 10.5 Å². The number of benzene rings is 2. The number of carbonyl (C=O) groups excluding carboxylic acids is 1. The summed E-state index contributed by atoms with van der Waals surface area (Å²) in [7, 11) is 1.48. The van der Waals surface area contributed by atoms with Crippen LogP contribution >= 0.6 is 11.6 Å². The van der Waals surface area contributed by atoms with Gasteiger partial charge in [0.05, 0.1) is 24.4 Å². The number of aliphatic hydroxyl groups is 1. The number of rotatable bonds is 5. The fourth-order valence-electron chi connectivity index (χ4n) is 2.13. The summed E-state index contributed by atoms with van der Waals surface area (Å²) >= 11 is 6.01. The van der Waals surface area contributed by atoms with Crippen LogP contribution in [-0.4, -0.2) is 24.8 Å². The summed E-state index contributed by atoms with van der Waals surface area (Å²) in [5.41, 5.74) is 0.00861. The number of hydrogen-bond donors (Lipinski definition) is 3. The molecule has 0 aliphatic rings. The highest BCUT2D eigenvalue weighted by Gasteiger charge is 2.23. The second-order valence-corrected chi connectivity index (χ2v) is 5.68. The van der Waals surface area contributed by atoms with Crippen LogP contribution in [0.5, 0.6) is 5.75 Å². The first kappa shape index (κ1) is 17.1. The number of anilines is 1. The van der Waals surface area contributed by atoms with Crippen LogP contribution in [0.2, 0.25) is 5.02 Å². The monoisotopic (exact) mass is 334 g/mol. The molecule has 0 aliphatic carbocycles. The van der Waals surface area contributed by atoms with Crippen molar-refractivity contribution in [3.8, 4) is 5.75 Å². The Balaban J connectivity index is 2.00. The quantitative estimate of drug-likeness (QED) is 0.785. The summed E-state index contributed by atoms with van der Waals surface area (Å²) < 4.78 is 5.17. The van der Waals surface area contributed by atoms with E-state index >= 15 is 0 Å². The Morgan fingerprint density at radius 2 is 1.91 bits per heavy atom. The number of nitrogens with one attached hydrogen (secondary N) is 2. The lowest BCUT2D eigenvalue weighted by Crippen LogP contribution is -2.40. The van der Waals surface area contributed by atoms with Gasteiger partial charge in [-0.1, -0.05) is 48.0 Å². The third-order valence-corrected chi connectivity index (χ3v) is 3.71. The molecule has 0 bridgehead atoms. The predicted molar refractivity (Wildman–Crippen MR) is 91.0 cm³/mol. The highest BCUT2D eigenvalue weighted by Crippen LogP contribution is 2.32. The van der Waals surface area contributed by atoms with Gasteiger partial charge in [-0.2, -0.15) is 0 Å². The Morgan fingerprint density at radius 3 is 2.57 bits per heavy atom. The van der Waals surface area contributed by atoms with Gasteiger partial charge in [-0.3, -0.25) is 0 Å². The molecule has 122 valence electrons. The summed E-state index contributed by atoms with van der Waals surface area (Å²) in [5, 5.41) is 16.2. The Hall–Kier alpha value is -2.24. The van der Waals surface area contributed by atoms with Gasteiger partial charge in [0.25, 0.3) is 0 Å². The molecule has 3 N–H and O–H groups in total. The maximum absolute atomic E-state index is 12.0. The number of hydrogen-bond acceptors (Lipinski definition) is 3. The van der Waals surface area contributed by atoms with Gasteiger partial charge >= 0.3 is 6.03 Å². The molecule has 1 atom stereocenters. The van der Waals surface area contributed by atoms with Gasteiger partial charge in [0.15, 0.2) is 5.75 Å². The van der Waals surface area contributed by atoms with Crippen molar-refractivity contribution >= 4 is 23.3 Å². The minimum atomic E-state index is -1.17. The Kier molecular flexibility index (Phi) is 5.47. The van der Waals surface area contributed by atoms with Gasteiger partial charge < -0.3 is 20.5 Å². The molecular weight excluding hydrogens is 316 g/mol. The van der Waals surface area contributed by atoms with E-state index in [-0.39, 0.29) is 6.54 Å². The molecule has 0 heterocycles. The molecule has 2 aromatic carbocycles. The molecule has 5 nitrogen and oxygen atoms in total. The van der Waals surface area contributed by atoms with Crippen molar-refractivity contribution in [2.24, 2.45) is 0 Å². The van der Waals surface area contributed by atoms with E-state index in [1.165, 1.54) is 7.11 Å². The fourth-order valence-corrected chi connectivity index (χ4v) is 2.38. The third-order valence-electron chi connectivity index (χ3n) is 3.41. The molecule has 1 unspecified atom stereocenters. The lowest BCUT2D eigenvalue weighted by molar-refractivity contribution is 0.0599. The number of urea groups is 1. The molecule has 2 rings (SSSR count). The first-order chi connectivity index (χ1) is 10.9. The third kappa shape index (κ3) is 4.37. The number of carbonyl (C=O) groups is 1. The number of methoxy groups -OCH3 is 1. The molecule has 0 saturated heterocycles. The standard InChI is InChI=1S/C17H19ClN2O3/c1-17(22,12-7-4-3-5-8-12)11-19-16(21)20-14-10-6-9-13(18)15(14)23-2/h3-10,22H,11H2,1-2H3,(H2,19,20,21). The number of ether oxygens (including phenoxy) is 1. The summed E-state index contributed by atoms with van der Waals surface area (Å²) in [6.45, 7) is 1.70. The summed E-state index contributed by atoms with van der Waals surface area (Å²) in [5.74, 6) is 0.388. The molecule has 0 fully saturated rings. The highest BCUT2D eigenvalue weighted by molar-refractivity contribution is 6.32. The van der Waals surface area contributed by atoms with Gasteiger partial charge in [-0.15, -0.1) is 0 Å². The summed E-state index contributed by atoms with van der Waals surface area (Å²) in [6, 6.07) is 13.7. The van der Waals surface area contributed by atoms with Gasteiger partial charge in [0, 0.05) is 0 Å². The SMILES string of the molecule is COc1c(Cl)cccc1NC(=O)NCC(C)(O)c1ccccc1. The zero-order valence-corrected chi connectivity index (χ0v) is 13.7. The molecular formula is C17H19ClN2O3. The zero-order valence-electron chi connectivity index (χ0n) is 13.0. The van der Waals surface area contributed by atoms with Crippen molar-refractivity contribution in [3.05, 3.63) is 59.1 Å². The highest BCUT2D eigenvalue weighted by atomic mass is 35.5. The van der Waals surface area contributed by atoms with Crippen LogP contribution in [-0.2, 0) is 5.60 Å². The van der Waals surface area contributed by atoms with Crippen molar-refractivity contribution < 1.29 is 14.6 Å². The molecule has 2 aromatic rings. The zero-order chi connectivity index (χ0) is 16.9. The van der Waals surface area contributed by atoms with Crippen LogP contribution in [0.15, 0.2) is 48.5 Å². The summed E-state index contributed by atoms with van der Waals surface area (Å²) in [4.78, 5) is 12.0. The van der Waals surface area contributed by atoms with Gasteiger partial charge in [-0.05, 0) is 24.6 Å². The van der Waals surface area contributed by atoms with E-state index < -0.39 is 11.6 Å². The lowest BCUT2D eigenvalue weighted by Gasteiger charge is -2.24. The van der Waals surface area contributed by atoms with Crippen LogP contribution in [0.25, 0.3) is 0 Å². The van der Waals surface area contributed by atoms with Crippen molar-refractivity contribution in [2.45, 2.75) is 12.5 Å².